The molecular formula is C16H21NO3. The largest absolute Gasteiger partial charge is 0.462 e. The zero-order valence-electron chi connectivity index (χ0n) is 11.9. The van der Waals surface area contributed by atoms with Crippen LogP contribution in [-0.4, -0.2) is 47.8 Å². The zero-order valence-corrected chi connectivity index (χ0v) is 11.9. The second-order valence-electron chi connectivity index (χ2n) is 8.02. The van der Waals surface area contributed by atoms with Gasteiger partial charge >= 0.3 is 5.97 Å². The first-order chi connectivity index (χ1) is 9.69. The molecule has 0 unspecified atom stereocenters. The summed E-state index contributed by atoms with van der Waals surface area (Å²) in [6.45, 7) is 4.65. The van der Waals surface area contributed by atoms with E-state index in [0.29, 0.717) is 24.0 Å². The van der Waals surface area contributed by atoms with Gasteiger partial charge in [-0.2, -0.15) is 0 Å². The number of rotatable bonds is 0. The Hall–Kier alpha value is -0.610. The summed E-state index contributed by atoms with van der Waals surface area (Å²) in [5.74, 6) is 1.38. The molecule has 108 valence electrons. The predicted octanol–water partition coefficient (Wildman–Crippen LogP) is 1.19. The van der Waals surface area contributed by atoms with Gasteiger partial charge in [-0.05, 0) is 38.1 Å². The highest BCUT2D eigenvalue weighted by atomic mass is 16.6. The molecule has 2 saturated carbocycles. The van der Waals surface area contributed by atoms with Crippen molar-refractivity contribution in [3.63, 3.8) is 0 Å². The van der Waals surface area contributed by atoms with E-state index in [4.69, 9.17) is 9.47 Å². The average molecular weight is 275 g/mol. The van der Waals surface area contributed by atoms with E-state index < -0.39 is 0 Å². The Morgan fingerprint density at radius 3 is 3.10 bits per heavy atom. The van der Waals surface area contributed by atoms with Crippen molar-refractivity contribution in [2.75, 3.05) is 13.1 Å². The van der Waals surface area contributed by atoms with Gasteiger partial charge in [-0.25, -0.2) is 0 Å². The number of carbonyl (C=O) groups excluding carboxylic acids is 1. The minimum Gasteiger partial charge on any atom is -0.462 e. The van der Waals surface area contributed by atoms with E-state index in [1.165, 1.54) is 25.8 Å². The highest BCUT2D eigenvalue weighted by Gasteiger charge is 2.86. The summed E-state index contributed by atoms with van der Waals surface area (Å²) >= 11 is 0. The van der Waals surface area contributed by atoms with E-state index in [2.05, 4.69) is 11.8 Å². The van der Waals surface area contributed by atoms with Crippen LogP contribution in [0.3, 0.4) is 0 Å². The molecule has 4 heterocycles. The summed E-state index contributed by atoms with van der Waals surface area (Å²) < 4.78 is 11.9. The van der Waals surface area contributed by atoms with Gasteiger partial charge in [0, 0.05) is 23.4 Å². The van der Waals surface area contributed by atoms with Gasteiger partial charge in [0.05, 0.1) is 18.1 Å². The summed E-state index contributed by atoms with van der Waals surface area (Å²) in [5.41, 5.74) is 0.327. The van der Waals surface area contributed by atoms with E-state index in [0.717, 1.165) is 13.0 Å². The molecule has 1 spiro atoms. The predicted molar refractivity (Wildman–Crippen MR) is 69.9 cm³/mol. The Morgan fingerprint density at radius 1 is 1.35 bits per heavy atom. The van der Waals surface area contributed by atoms with Crippen molar-refractivity contribution < 1.29 is 14.3 Å². The Morgan fingerprint density at radius 2 is 2.25 bits per heavy atom. The monoisotopic (exact) mass is 275 g/mol. The lowest BCUT2D eigenvalue weighted by Crippen LogP contribution is -2.84. The van der Waals surface area contributed by atoms with Gasteiger partial charge in [0.2, 0.25) is 0 Å². The number of fused-ring (bicyclic) bond motifs is 4. The van der Waals surface area contributed by atoms with Crippen LogP contribution < -0.4 is 0 Å². The third-order valence-corrected chi connectivity index (χ3v) is 7.80. The molecule has 4 nitrogen and oxygen atoms in total. The first kappa shape index (κ1) is 11.0. The maximum absolute atomic E-state index is 12.5. The van der Waals surface area contributed by atoms with Crippen LogP contribution in [0, 0.1) is 23.2 Å². The molecule has 0 amide bonds. The molecule has 2 aliphatic carbocycles. The van der Waals surface area contributed by atoms with Crippen molar-refractivity contribution in [3.05, 3.63) is 0 Å². The van der Waals surface area contributed by atoms with Crippen molar-refractivity contribution in [1.82, 2.24) is 4.90 Å². The molecule has 0 aromatic carbocycles. The van der Waals surface area contributed by atoms with E-state index >= 15 is 0 Å². The van der Waals surface area contributed by atoms with Crippen LogP contribution in [0.4, 0.5) is 0 Å². The molecule has 4 saturated heterocycles. The topological polar surface area (TPSA) is 42.1 Å². The molecule has 0 aromatic heterocycles. The number of esters is 1. The molecule has 20 heavy (non-hydrogen) atoms. The molecule has 6 rings (SSSR count). The molecule has 8 atom stereocenters. The molecule has 0 aromatic rings. The van der Waals surface area contributed by atoms with E-state index in [9.17, 15) is 4.79 Å². The van der Waals surface area contributed by atoms with E-state index in [1.54, 1.807) is 0 Å². The zero-order chi connectivity index (χ0) is 13.3. The maximum Gasteiger partial charge on any atom is 0.310 e. The Kier molecular flexibility index (Phi) is 1.63. The molecule has 0 radical (unpaired) electrons. The van der Waals surface area contributed by atoms with Crippen LogP contribution in [0.5, 0.6) is 0 Å². The fraction of sp³-hybridized carbons (Fsp3) is 0.938. The van der Waals surface area contributed by atoms with E-state index in [-0.39, 0.29) is 28.9 Å². The quantitative estimate of drug-likeness (QED) is 0.492. The van der Waals surface area contributed by atoms with Gasteiger partial charge in [-0.1, -0.05) is 6.92 Å². The summed E-state index contributed by atoms with van der Waals surface area (Å²) in [6, 6.07) is 0. The van der Waals surface area contributed by atoms with Gasteiger partial charge in [0.25, 0.3) is 0 Å². The van der Waals surface area contributed by atoms with Gasteiger partial charge in [-0.15, -0.1) is 0 Å². The van der Waals surface area contributed by atoms with Crippen LogP contribution >= 0.6 is 0 Å². The smallest absolute Gasteiger partial charge is 0.310 e. The Bertz CT molecular complexity index is 536. The average Bonchev–Trinajstić information content (AvgIpc) is 3.08. The van der Waals surface area contributed by atoms with Crippen molar-refractivity contribution in [3.8, 4) is 0 Å². The molecule has 4 aliphatic heterocycles. The Balaban J connectivity index is 1.63. The van der Waals surface area contributed by atoms with Crippen molar-refractivity contribution in [2.24, 2.45) is 23.2 Å². The lowest BCUT2D eigenvalue weighted by molar-refractivity contribution is -0.269. The standard InChI is InChI=1S/C16H21NO3/c1-8-6-15-9-3-2-4-17(15)7-12-13(19-12)16(8,15)10-5-11(9)20-14(10)18/h8-13H,2-7H2,1H3/t8-,9-,10-,11-,12-,13-,15+,16-/m1/s1. The van der Waals surface area contributed by atoms with Crippen molar-refractivity contribution in [1.29, 1.82) is 0 Å². The number of hydrogen-bond acceptors (Lipinski definition) is 4. The number of nitrogens with zero attached hydrogens (tertiary/aromatic N) is 1. The number of epoxide rings is 1. The van der Waals surface area contributed by atoms with Crippen LogP contribution in [0.2, 0.25) is 0 Å². The van der Waals surface area contributed by atoms with Crippen LogP contribution in [-0.2, 0) is 14.3 Å². The molecule has 6 fully saturated rings. The molecule has 0 N–H and O–H groups in total. The fourth-order valence-electron chi connectivity index (χ4n) is 7.44. The fourth-order valence-corrected chi connectivity index (χ4v) is 7.44. The molecule has 2 bridgehead atoms. The van der Waals surface area contributed by atoms with Gasteiger partial charge in [0.1, 0.15) is 6.10 Å². The minimum atomic E-state index is 0.0884. The van der Waals surface area contributed by atoms with Crippen LogP contribution in [0.15, 0.2) is 0 Å². The van der Waals surface area contributed by atoms with Crippen molar-refractivity contribution >= 4 is 5.97 Å². The first-order valence-electron chi connectivity index (χ1n) is 8.30. The summed E-state index contributed by atoms with van der Waals surface area (Å²) in [6.07, 6.45) is 5.67. The second-order valence-corrected chi connectivity index (χ2v) is 8.02. The number of piperidine rings is 2. The summed E-state index contributed by atoms with van der Waals surface area (Å²) in [5, 5.41) is 0. The van der Waals surface area contributed by atoms with Crippen molar-refractivity contribution in [2.45, 2.75) is 56.5 Å². The summed E-state index contributed by atoms with van der Waals surface area (Å²) in [7, 11) is 0. The molecule has 6 aliphatic rings. The number of carbonyl (C=O) groups is 1. The van der Waals surface area contributed by atoms with E-state index in [1.807, 2.05) is 0 Å². The number of ether oxygens (including phenoxy) is 2. The first-order valence-corrected chi connectivity index (χ1v) is 8.30. The third kappa shape index (κ3) is 0.822. The van der Waals surface area contributed by atoms with Gasteiger partial charge in [-0.3, -0.25) is 9.69 Å². The maximum atomic E-state index is 12.5. The van der Waals surface area contributed by atoms with Crippen LogP contribution in [0.25, 0.3) is 0 Å². The van der Waals surface area contributed by atoms with Gasteiger partial charge in [0.15, 0.2) is 0 Å². The normalized spacial score (nSPS) is 65.5. The third-order valence-electron chi connectivity index (χ3n) is 7.80. The Labute approximate surface area is 118 Å². The second kappa shape index (κ2) is 2.95. The summed E-state index contributed by atoms with van der Waals surface area (Å²) in [4.78, 5) is 15.2. The van der Waals surface area contributed by atoms with Crippen LogP contribution in [0.1, 0.15) is 32.6 Å². The number of hydrogen-bond donors (Lipinski definition) is 0. The minimum absolute atomic E-state index is 0.0884. The molecular weight excluding hydrogens is 254 g/mol. The lowest BCUT2D eigenvalue weighted by Gasteiger charge is -2.75. The highest BCUT2D eigenvalue weighted by Crippen LogP contribution is 2.78. The molecule has 4 heteroatoms. The SMILES string of the molecule is C[C@@H]1C[C@@]23[C@@H]4CCCN2C[C@H]2O[C@H]2[C@]13[C@@H]1C[C@H]4OC1=O. The van der Waals surface area contributed by atoms with Gasteiger partial charge < -0.3 is 9.47 Å². The lowest BCUT2D eigenvalue weighted by atomic mass is 9.34. The highest BCUT2D eigenvalue weighted by molar-refractivity contribution is 5.78.